The molecule has 1 fully saturated rings. The fraction of sp³-hybridized carbons (Fsp3) is 0.333. The predicted octanol–water partition coefficient (Wildman–Crippen LogP) is 2.42. The van der Waals surface area contributed by atoms with Gasteiger partial charge in [-0.15, -0.1) is 0 Å². The molecule has 0 saturated heterocycles. The summed E-state index contributed by atoms with van der Waals surface area (Å²) < 4.78 is 5.48. The van der Waals surface area contributed by atoms with Crippen molar-refractivity contribution in [3.8, 4) is 0 Å². The molecule has 1 aliphatic rings. The Bertz CT molecular complexity index is 624. The minimum Gasteiger partial charge on any atom is -0.481 e. The molecule has 20 heavy (non-hydrogen) atoms. The summed E-state index contributed by atoms with van der Waals surface area (Å²) in [6.45, 7) is 0. The number of hydrogen-bond donors (Lipinski definition) is 2. The number of benzene rings is 1. The number of carbonyl (C=O) groups excluding carboxylic acids is 1. The fourth-order valence-electron chi connectivity index (χ4n) is 2.36. The Hall–Kier alpha value is -2.30. The second-order valence-corrected chi connectivity index (χ2v) is 5.16. The van der Waals surface area contributed by atoms with Crippen molar-refractivity contribution in [1.29, 1.82) is 0 Å². The van der Waals surface area contributed by atoms with E-state index >= 15 is 0 Å². The monoisotopic (exact) mass is 273 g/mol. The highest BCUT2D eigenvalue weighted by atomic mass is 16.4. The lowest BCUT2D eigenvalue weighted by atomic mass is 10.1. The highest BCUT2D eigenvalue weighted by Gasteiger charge is 2.34. The standard InChI is InChI=1S/C15H15NO4/c17-14(18)8-11(9-5-6-9)16-15(19)13-7-10-3-1-2-4-12(10)20-13/h1-4,7,9,11H,5-6,8H2,(H,16,19)(H,17,18). The molecule has 1 heterocycles. The smallest absolute Gasteiger partial charge is 0.305 e. The van der Waals surface area contributed by atoms with Crippen LogP contribution in [-0.2, 0) is 4.79 Å². The van der Waals surface area contributed by atoms with Crippen LogP contribution in [0.4, 0.5) is 0 Å². The van der Waals surface area contributed by atoms with E-state index in [1.54, 1.807) is 12.1 Å². The Kier molecular flexibility index (Phi) is 3.18. The van der Waals surface area contributed by atoms with E-state index in [0.29, 0.717) is 5.58 Å². The number of carboxylic acids is 1. The third kappa shape index (κ3) is 2.66. The van der Waals surface area contributed by atoms with Crippen LogP contribution in [0.1, 0.15) is 29.8 Å². The number of para-hydroxylation sites is 1. The Labute approximate surface area is 115 Å². The molecule has 1 unspecified atom stereocenters. The van der Waals surface area contributed by atoms with Gasteiger partial charge in [0.25, 0.3) is 5.91 Å². The Morgan fingerprint density at radius 1 is 1.35 bits per heavy atom. The maximum absolute atomic E-state index is 12.1. The van der Waals surface area contributed by atoms with Gasteiger partial charge >= 0.3 is 5.97 Å². The number of carbonyl (C=O) groups is 2. The number of furan rings is 1. The van der Waals surface area contributed by atoms with E-state index in [2.05, 4.69) is 5.32 Å². The van der Waals surface area contributed by atoms with Crippen LogP contribution in [-0.4, -0.2) is 23.0 Å². The Morgan fingerprint density at radius 3 is 2.75 bits per heavy atom. The molecule has 1 amide bonds. The third-order valence-electron chi connectivity index (χ3n) is 3.55. The van der Waals surface area contributed by atoms with Crippen molar-refractivity contribution >= 4 is 22.8 Å². The molecular weight excluding hydrogens is 258 g/mol. The molecule has 0 aliphatic heterocycles. The zero-order valence-corrected chi connectivity index (χ0v) is 10.8. The van der Waals surface area contributed by atoms with Gasteiger partial charge in [-0.25, -0.2) is 0 Å². The zero-order chi connectivity index (χ0) is 14.1. The summed E-state index contributed by atoms with van der Waals surface area (Å²) in [6.07, 6.45) is 1.90. The first-order chi connectivity index (χ1) is 9.63. The van der Waals surface area contributed by atoms with Crippen LogP contribution in [0, 0.1) is 5.92 Å². The van der Waals surface area contributed by atoms with E-state index in [1.165, 1.54) is 0 Å². The molecule has 2 N–H and O–H groups in total. The molecule has 1 aromatic heterocycles. The first-order valence-corrected chi connectivity index (χ1v) is 6.65. The van der Waals surface area contributed by atoms with E-state index in [9.17, 15) is 9.59 Å². The number of carboxylic acid groups (broad SMARTS) is 1. The minimum atomic E-state index is -0.896. The average Bonchev–Trinajstić information content (AvgIpc) is 3.16. The van der Waals surface area contributed by atoms with Gasteiger partial charge in [0, 0.05) is 11.4 Å². The van der Waals surface area contributed by atoms with Crippen LogP contribution in [0.3, 0.4) is 0 Å². The summed E-state index contributed by atoms with van der Waals surface area (Å²) in [5.41, 5.74) is 0.652. The number of nitrogens with one attached hydrogen (secondary N) is 1. The first kappa shape index (κ1) is 12.7. The van der Waals surface area contributed by atoms with Gasteiger partial charge in [0.1, 0.15) is 5.58 Å². The quantitative estimate of drug-likeness (QED) is 0.876. The molecule has 0 radical (unpaired) electrons. The maximum atomic E-state index is 12.1. The summed E-state index contributed by atoms with van der Waals surface area (Å²) in [7, 11) is 0. The van der Waals surface area contributed by atoms with Crippen molar-refractivity contribution in [3.63, 3.8) is 0 Å². The van der Waals surface area contributed by atoms with Crippen LogP contribution in [0.5, 0.6) is 0 Å². The summed E-state index contributed by atoms with van der Waals surface area (Å²) in [4.78, 5) is 23.0. The number of aliphatic carboxylic acids is 1. The van der Waals surface area contributed by atoms with E-state index < -0.39 is 5.97 Å². The summed E-state index contributed by atoms with van der Waals surface area (Å²) in [5.74, 6) is -0.743. The van der Waals surface area contributed by atoms with Crippen LogP contribution in [0.2, 0.25) is 0 Å². The second kappa shape index (κ2) is 5.00. The van der Waals surface area contributed by atoms with Crippen LogP contribution >= 0.6 is 0 Å². The summed E-state index contributed by atoms with van der Waals surface area (Å²) in [6, 6.07) is 8.73. The van der Waals surface area contributed by atoms with Crippen molar-refractivity contribution in [2.45, 2.75) is 25.3 Å². The summed E-state index contributed by atoms with van der Waals surface area (Å²) >= 11 is 0. The minimum absolute atomic E-state index is 0.0450. The van der Waals surface area contributed by atoms with Gasteiger partial charge in [-0.2, -0.15) is 0 Å². The number of hydrogen-bond acceptors (Lipinski definition) is 3. The van der Waals surface area contributed by atoms with Crippen molar-refractivity contribution in [1.82, 2.24) is 5.32 Å². The van der Waals surface area contributed by atoms with Gasteiger partial charge in [-0.1, -0.05) is 18.2 Å². The van der Waals surface area contributed by atoms with Crippen LogP contribution < -0.4 is 5.32 Å². The van der Waals surface area contributed by atoms with E-state index in [-0.39, 0.29) is 30.0 Å². The third-order valence-corrected chi connectivity index (χ3v) is 3.55. The lowest BCUT2D eigenvalue weighted by Gasteiger charge is -2.14. The lowest BCUT2D eigenvalue weighted by Crippen LogP contribution is -2.37. The molecule has 5 heteroatoms. The van der Waals surface area contributed by atoms with Crippen LogP contribution in [0.15, 0.2) is 34.7 Å². The second-order valence-electron chi connectivity index (χ2n) is 5.16. The van der Waals surface area contributed by atoms with Crippen molar-refractivity contribution in [2.75, 3.05) is 0 Å². The molecule has 1 saturated carbocycles. The molecule has 0 bridgehead atoms. The Morgan fingerprint density at radius 2 is 2.10 bits per heavy atom. The van der Waals surface area contributed by atoms with Gasteiger partial charge in [-0.05, 0) is 30.9 Å². The Balaban J connectivity index is 1.75. The van der Waals surface area contributed by atoms with Gasteiger partial charge in [0.15, 0.2) is 5.76 Å². The normalized spacial score (nSPS) is 16.0. The zero-order valence-electron chi connectivity index (χ0n) is 10.8. The van der Waals surface area contributed by atoms with Crippen LogP contribution in [0.25, 0.3) is 11.0 Å². The molecule has 1 aromatic carbocycles. The highest BCUT2D eigenvalue weighted by molar-refractivity contribution is 5.96. The van der Waals surface area contributed by atoms with Gasteiger partial charge in [0.2, 0.25) is 0 Å². The molecule has 104 valence electrons. The van der Waals surface area contributed by atoms with Crippen molar-refractivity contribution in [2.24, 2.45) is 5.92 Å². The number of fused-ring (bicyclic) bond motifs is 1. The molecule has 0 spiro atoms. The molecule has 2 aromatic rings. The first-order valence-electron chi connectivity index (χ1n) is 6.65. The molecule has 3 rings (SSSR count). The van der Waals surface area contributed by atoms with E-state index in [0.717, 1.165) is 18.2 Å². The molecule has 5 nitrogen and oxygen atoms in total. The molecule has 1 aliphatic carbocycles. The molecule has 1 atom stereocenters. The van der Waals surface area contributed by atoms with E-state index in [4.69, 9.17) is 9.52 Å². The SMILES string of the molecule is O=C(O)CC(NC(=O)c1cc2ccccc2o1)C1CC1. The largest absolute Gasteiger partial charge is 0.481 e. The lowest BCUT2D eigenvalue weighted by molar-refractivity contribution is -0.137. The number of amides is 1. The predicted molar refractivity (Wildman–Crippen MR) is 72.4 cm³/mol. The van der Waals surface area contributed by atoms with E-state index in [1.807, 2.05) is 18.2 Å². The fourth-order valence-corrected chi connectivity index (χ4v) is 2.36. The van der Waals surface area contributed by atoms with Gasteiger partial charge in [0.05, 0.1) is 6.42 Å². The number of rotatable bonds is 5. The van der Waals surface area contributed by atoms with Gasteiger partial charge in [-0.3, -0.25) is 9.59 Å². The highest BCUT2D eigenvalue weighted by Crippen LogP contribution is 2.34. The maximum Gasteiger partial charge on any atom is 0.305 e. The average molecular weight is 273 g/mol. The summed E-state index contributed by atoms with van der Waals surface area (Å²) in [5, 5.41) is 12.5. The molecular formula is C15H15NO4. The van der Waals surface area contributed by atoms with Crippen molar-refractivity contribution in [3.05, 3.63) is 36.1 Å². The van der Waals surface area contributed by atoms with Crippen molar-refractivity contribution < 1.29 is 19.1 Å². The topological polar surface area (TPSA) is 79.5 Å². The van der Waals surface area contributed by atoms with Gasteiger partial charge < -0.3 is 14.8 Å².